The summed E-state index contributed by atoms with van der Waals surface area (Å²) in [6.07, 6.45) is 2.52. The molecule has 5 nitrogen and oxygen atoms in total. The number of nitrogens with one attached hydrogen (secondary N) is 1. The Balaban J connectivity index is 1.75. The van der Waals surface area contributed by atoms with Gasteiger partial charge in [0.15, 0.2) is 6.61 Å². The molecule has 0 aliphatic heterocycles. The Morgan fingerprint density at radius 3 is 2.50 bits per heavy atom. The summed E-state index contributed by atoms with van der Waals surface area (Å²) in [4.78, 5) is 22.7. The summed E-state index contributed by atoms with van der Waals surface area (Å²) >= 11 is 11.7. The monoisotopic (exact) mass is 345 g/mol. The molecule has 0 aromatic heterocycles. The standard InChI is InChI=1S/C15H17Cl2NO4/c16-10-3-6-13(12(17)7-10)22-8-14(19)18-11-4-1-9(2-5-11)15(20)21/h3,6-7,9,11H,1-2,4-5,8H2,(H,18,19)(H,20,21). The summed E-state index contributed by atoms with van der Waals surface area (Å²) in [6, 6.07) is 4.79. The van der Waals surface area contributed by atoms with Gasteiger partial charge in [0.25, 0.3) is 5.91 Å². The van der Waals surface area contributed by atoms with Crippen molar-refractivity contribution in [2.24, 2.45) is 5.92 Å². The Kier molecular flexibility index (Phi) is 5.91. The Morgan fingerprint density at radius 2 is 1.91 bits per heavy atom. The van der Waals surface area contributed by atoms with Gasteiger partial charge in [-0.15, -0.1) is 0 Å². The van der Waals surface area contributed by atoms with E-state index in [9.17, 15) is 9.59 Å². The molecule has 1 amide bonds. The topological polar surface area (TPSA) is 75.6 Å². The first-order valence-electron chi connectivity index (χ1n) is 7.05. The zero-order valence-corrected chi connectivity index (χ0v) is 13.4. The normalized spacial score (nSPS) is 21.2. The fourth-order valence-corrected chi connectivity index (χ4v) is 2.95. The molecule has 2 N–H and O–H groups in total. The van der Waals surface area contributed by atoms with Crippen LogP contribution in [0, 0.1) is 5.92 Å². The number of carboxylic acids is 1. The van der Waals surface area contributed by atoms with Gasteiger partial charge in [0.05, 0.1) is 10.9 Å². The minimum absolute atomic E-state index is 0.00684. The lowest BCUT2D eigenvalue weighted by Crippen LogP contribution is -2.40. The van der Waals surface area contributed by atoms with Crippen LogP contribution < -0.4 is 10.1 Å². The molecular weight excluding hydrogens is 329 g/mol. The number of halogens is 2. The molecule has 0 bridgehead atoms. The van der Waals surface area contributed by atoms with E-state index in [0.717, 1.165) is 0 Å². The Morgan fingerprint density at radius 1 is 1.23 bits per heavy atom. The second-order valence-corrected chi connectivity index (χ2v) is 6.16. The molecule has 1 saturated carbocycles. The zero-order chi connectivity index (χ0) is 16.1. The predicted molar refractivity (Wildman–Crippen MR) is 83.5 cm³/mol. The Bertz CT molecular complexity index is 556. The molecule has 0 unspecified atom stereocenters. The number of hydrogen-bond donors (Lipinski definition) is 2. The molecule has 120 valence electrons. The van der Waals surface area contributed by atoms with Crippen LogP contribution in [0.3, 0.4) is 0 Å². The average Bonchev–Trinajstić information content (AvgIpc) is 2.47. The van der Waals surface area contributed by atoms with Crippen LogP contribution in [0.4, 0.5) is 0 Å². The number of carbonyl (C=O) groups excluding carboxylic acids is 1. The van der Waals surface area contributed by atoms with Crippen molar-refractivity contribution >= 4 is 35.1 Å². The number of benzene rings is 1. The molecule has 1 fully saturated rings. The minimum atomic E-state index is -0.759. The number of amides is 1. The number of carboxylic acid groups (broad SMARTS) is 1. The van der Waals surface area contributed by atoms with Crippen molar-refractivity contribution in [2.75, 3.05) is 6.61 Å². The first-order valence-corrected chi connectivity index (χ1v) is 7.81. The van der Waals surface area contributed by atoms with Crippen LogP contribution in [0.1, 0.15) is 25.7 Å². The number of aliphatic carboxylic acids is 1. The van der Waals surface area contributed by atoms with E-state index in [0.29, 0.717) is 41.5 Å². The van der Waals surface area contributed by atoms with Gasteiger partial charge in [-0.3, -0.25) is 9.59 Å². The number of ether oxygens (including phenoxy) is 1. The van der Waals surface area contributed by atoms with Gasteiger partial charge < -0.3 is 15.2 Å². The van der Waals surface area contributed by atoms with Crippen LogP contribution in [-0.4, -0.2) is 29.6 Å². The SMILES string of the molecule is O=C(COc1ccc(Cl)cc1Cl)NC1CCC(C(=O)O)CC1. The van der Waals surface area contributed by atoms with E-state index in [1.165, 1.54) is 0 Å². The molecule has 2 rings (SSSR count). The molecule has 0 saturated heterocycles. The summed E-state index contributed by atoms with van der Waals surface area (Å²) in [5, 5.41) is 12.6. The molecule has 1 aliphatic rings. The lowest BCUT2D eigenvalue weighted by molar-refractivity contribution is -0.142. The minimum Gasteiger partial charge on any atom is -0.482 e. The van der Waals surface area contributed by atoms with Gasteiger partial charge >= 0.3 is 5.97 Å². The third kappa shape index (κ3) is 4.78. The predicted octanol–water partition coefficient (Wildman–Crippen LogP) is 3.13. The van der Waals surface area contributed by atoms with E-state index in [-0.39, 0.29) is 24.5 Å². The smallest absolute Gasteiger partial charge is 0.306 e. The van der Waals surface area contributed by atoms with E-state index in [1.54, 1.807) is 18.2 Å². The van der Waals surface area contributed by atoms with Crippen LogP contribution in [0.25, 0.3) is 0 Å². The highest BCUT2D eigenvalue weighted by Crippen LogP contribution is 2.27. The van der Waals surface area contributed by atoms with Crippen LogP contribution in [-0.2, 0) is 9.59 Å². The molecule has 0 atom stereocenters. The fraction of sp³-hybridized carbons (Fsp3) is 0.467. The first-order chi connectivity index (χ1) is 10.5. The highest BCUT2D eigenvalue weighted by Gasteiger charge is 2.26. The summed E-state index contributed by atoms with van der Waals surface area (Å²) in [7, 11) is 0. The van der Waals surface area contributed by atoms with E-state index >= 15 is 0 Å². The molecule has 7 heteroatoms. The van der Waals surface area contributed by atoms with E-state index < -0.39 is 5.97 Å². The Labute approximate surface area is 138 Å². The van der Waals surface area contributed by atoms with Gasteiger partial charge in [-0.1, -0.05) is 23.2 Å². The number of hydrogen-bond acceptors (Lipinski definition) is 3. The van der Waals surface area contributed by atoms with Crippen LogP contribution in [0.5, 0.6) is 5.75 Å². The maximum Gasteiger partial charge on any atom is 0.306 e. The number of rotatable bonds is 5. The molecule has 1 aromatic rings. The summed E-state index contributed by atoms with van der Waals surface area (Å²) < 4.78 is 5.36. The van der Waals surface area contributed by atoms with Crippen molar-refractivity contribution in [3.05, 3.63) is 28.2 Å². The van der Waals surface area contributed by atoms with Crippen molar-refractivity contribution in [2.45, 2.75) is 31.7 Å². The second kappa shape index (κ2) is 7.70. The quantitative estimate of drug-likeness (QED) is 0.859. The summed E-state index contributed by atoms with van der Waals surface area (Å²) in [6.45, 7) is -0.139. The summed E-state index contributed by atoms with van der Waals surface area (Å²) in [5.41, 5.74) is 0. The van der Waals surface area contributed by atoms with E-state index in [1.807, 2.05) is 0 Å². The van der Waals surface area contributed by atoms with Crippen LogP contribution in [0.15, 0.2) is 18.2 Å². The van der Waals surface area contributed by atoms with Crippen molar-refractivity contribution in [3.63, 3.8) is 0 Å². The lowest BCUT2D eigenvalue weighted by Gasteiger charge is -2.26. The molecule has 0 radical (unpaired) electrons. The van der Waals surface area contributed by atoms with Gasteiger partial charge in [0.2, 0.25) is 0 Å². The van der Waals surface area contributed by atoms with Crippen LogP contribution >= 0.6 is 23.2 Å². The third-order valence-electron chi connectivity index (χ3n) is 3.69. The largest absolute Gasteiger partial charge is 0.482 e. The van der Waals surface area contributed by atoms with Gasteiger partial charge in [-0.05, 0) is 43.9 Å². The molecule has 0 spiro atoms. The van der Waals surface area contributed by atoms with Crippen molar-refractivity contribution < 1.29 is 19.4 Å². The molecule has 1 aromatic carbocycles. The van der Waals surface area contributed by atoms with E-state index in [2.05, 4.69) is 5.32 Å². The molecule has 0 heterocycles. The van der Waals surface area contributed by atoms with Crippen molar-refractivity contribution in [1.82, 2.24) is 5.32 Å². The van der Waals surface area contributed by atoms with Gasteiger partial charge in [0, 0.05) is 11.1 Å². The molecular formula is C15H17Cl2NO4. The van der Waals surface area contributed by atoms with Crippen LogP contribution in [0.2, 0.25) is 10.0 Å². The van der Waals surface area contributed by atoms with Gasteiger partial charge in [-0.2, -0.15) is 0 Å². The first kappa shape index (κ1) is 16.9. The van der Waals surface area contributed by atoms with Gasteiger partial charge in [-0.25, -0.2) is 0 Å². The van der Waals surface area contributed by atoms with Crippen molar-refractivity contribution in [1.29, 1.82) is 0 Å². The Hall–Kier alpha value is -1.46. The maximum atomic E-state index is 11.9. The van der Waals surface area contributed by atoms with E-state index in [4.69, 9.17) is 33.0 Å². The lowest BCUT2D eigenvalue weighted by atomic mass is 9.86. The third-order valence-corrected chi connectivity index (χ3v) is 4.22. The zero-order valence-electron chi connectivity index (χ0n) is 11.9. The van der Waals surface area contributed by atoms with Gasteiger partial charge in [0.1, 0.15) is 5.75 Å². The fourth-order valence-electron chi connectivity index (χ4n) is 2.49. The highest BCUT2D eigenvalue weighted by atomic mass is 35.5. The summed E-state index contributed by atoms with van der Waals surface area (Å²) in [5.74, 6) is -0.900. The van der Waals surface area contributed by atoms with Crippen molar-refractivity contribution in [3.8, 4) is 5.75 Å². The highest BCUT2D eigenvalue weighted by molar-refractivity contribution is 6.35. The molecule has 22 heavy (non-hydrogen) atoms. The average molecular weight is 346 g/mol. The molecule has 1 aliphatic carbocycles. The second-order valence-electron chi connectivity index (χ2n) is 5.32. The number of carbonyl (C=O) groups is 2. The maximum absolute atomic E-state index is 11.9.